The third kappa shape index (κ3) is 3.08. The lowest BCUT2D eigenvalue weighted by atomic mass is 9.34. The molecular formula is C32H52O2. The van der Waals surface area contributed by atoms with Crippen LogP contribution in [0.1, 0.15) is 120 Å². The molecule has 5 aliphatic carbocycles. The average Bonchev–Trinajstić information content (AvgIpc) is 3.08. The molecule has 4 saturated carbocycles. The molecule has 0 saturated heterocycles. The molecule has 0 N–H and O–H groups in total. The zero-order valence-corrected chi connectivity index (χ0v) is 23.7. The van der Waals surface area contributed by atoms with Crippen LogP contribution in [-0.2, 0) is 9.53 Å². The minimum Gasteiger partial charge on any atom is -0.462 e. The first kappa shape index (κ1) is 24.9. The Morgan fingerprint density at radius 3 is 2.26 bits per heavy atom. The number of ether oxygens (including phenoxy) is 1. The number of fused-ring (bicyclic) bond motifs is 7. The number of hydrogen-bond acceptors (Lipinski definition) is 2. The van der Waals surface area contributed by atoms with Gasteiger partial charge < -0.3 is 4.74 Å². The van der Waals surface area contributed by atoms with Crippen LogP contribution in [0.4, 0.5) is 0 Å². The summed E-state index contributed by atoms with van der Waals surface area (Å²) in [6.07, 6.45) is 14.6. The minimum atomic E-state index is -0.110. The van der Waals surface area contributed by atoms with Gasteiger partial charge >= 0.3 is 5.97 Å². The number of carbonyl (C=O) groups is 1. The highest BCUT2D eigenvalue weighted by Crippen LogP contribution is 2.76. The van der Waals surface area contributed by atoms with Crippen molar-refractivity contribution in [1.82, 2.24) is 0 Å². The van der Waals surface area contributed by atoms with Gasteiger partial charge in [0.1, 0.15) is 6.10 Å². The van der Waals surface area contributed by atoms with Gasteiger partial charge in [-0.05, 0) is 109 Å². The van der Waals surface area contributed by atoms with Crippen LogP contribution in [-0.4, -0.2) is 12.1 Å². The van der Waals surface area contributed by atoms with Crippen molar-refractivity contribution >= 4 is 5.97 Å². The first-order valence-corrected chi connectivity index (χ1v) is 14.6. The Bertz CT molecular complexity index is 883. The van der Waals surface area contributed by atoms with E-state index in [4.69, 9.17) is 4.74 Å². The molecule has 5 aliphatic rings. The topological polar surface area (TPSA) is 26.3 Å². The lowest BCUT2D eigenvalue weighted by Gasteiger charge is -2.70. The average molecular weight is 469 g/mol. The molecule has 0 heterocycles. The van der Waals surface area contributed by atoms with E-state index in [0.29, 0.717) is 27.6 Å². The van der Waals surface area contributed by atoms with Crippen LogP contribution in [0.15, 0.2) is 11.6 Å². The highest BCUT2D eigenvalue weighted by Gasteiger charge is 2.68. The Morgan fingerprint density at radius 1 is 0.912 bits per heavy atom. The van der Waals surface area contributed by atoms with Crippen molar-refractivity contribution in [3.8, 4) is 0 Å². The van der Waals surface area contributed by atoms with E-state index in [1.54, 1.807) is 6.92 Å². The second-order valence-electron chi connectivity index (χ2n) is 15.3. The fourth-order valence-corrected chi connectivity index (χ4v) is 11.3. The van der Waals surface area contributed by atoms with Crippen molar-refractivity contribution in [2.24, 2.45) is 56.7 Å². The fourth-order valence-electron chi connectivity index (χ4n) is 11.3. The van der Waals surface area contributed by atoms with Crippen LogP contribution in [0.25, 0.3) is 0 Å². The molecule has 9 atom stereocenters. The van der Waals surface area contributed by atoms with E-state index in [9.17, 15) is 4.79 Å². The summed E-state index contributed by atoms with van der Waals surface area (Å²) in [5.74, 6) is 3.69. The first-order chi connectivity index (χ1) is 15.7. The lowest BCUT2D eigenvalue weighted by molar-refractivity contribution is -0.210. The standard InChI is InChI=1S/C32H52O2/c1-20(2)22-12-15-29(6)18-19-31(8)23(27(22)29)10-11-25-30(7)16-14-26(34-21(3)33)28(4,5)24(30)13-17-32(25,31)9/h10,20,22,24-27H,11-19H2,1-9H3/t22-,24-,25+,26-,27+,29+,30-,31+,32+/m0/s1. The molecule has 0 radical (unpaired) electrons. The van der Waals surface area contributed by atoms with Crippen LogP contribution in [0.2, 0.25) is 0 Å². The summed E-state index contributed by atoms with van der Waals surface area (Å²) in [4.78, 5) is 11.9. The van der Waals surface area contributed by atoms with Crippen molar-refractivity contribution in [2.75, 3.05) is 0 Å². The Hall–Kier alpha value is -0.790. The lowest BCUT2D eigenvalue weighted by Crippen LogP contribution is -2.64. The summed E-state index contributed by atoms with van der Waals surface area (Å²) in [6, 6.07) is 0. The smallest absolute Gasteiger partial charge is 0.302 e. The Labute approximate surface area is 210 Å². The van der Waals surface area contributed by atoms with Crippen molar-refractivity contribution in [3.63, 3.8) is 0 Å². The largest absolute Gasteiger partial charge is 0.462 e. The molecule has 0 bridgehead atoms. The molecule has 0 aliphatic heterocycles. The van der Waals surface area contributed by atoms with Gasteiger partial charge in [0.15, 0.2) is 0 Å². The SMILES string of the molecule is CC(=O)O[C@H]1CC[C@]2(C)[C@H]3CC=C4[C@H]5[C@H](C(C)C)CC[C@]5(C)CC[C@@]4(C)[C@]3(C)CC[C@H]2C1(C)C. The van der Waals surface area contributed by atoms with Crippen molar-refractivity contribution in [3.05, 3.63) is 11.6 Å². The van der Waals surface area contributed by atoms with Crippen LogP contribution in [0.5, 0.6) is 0 Å². The summed E-state index contributed by atoms with van der Waals surface area (Å²) in [6.45, 7) is 22.0. The Morgan fingerprint density at radius 2 is 1.62 bits per heavy atom. The molecule has 0 aromatic carbocycles. The Kier molecular flexibility index (Phi) is 5.57. The van der Waals surface area contributed by atoms with Crippen molar-refractivity contribution in [1.29, 1.82) is 0 Å². The monoisotopic (exact) mass is 468 g/mol. The molecule has 34 heavy (non-hydrogen) atoms. The Balaban J connectivity index is 1.54. The summed E-state index contributed by atoms with van der Waals surface area (Å²) >= 11 is 0. The molecule has 0 aromatic rings. The molecule has 2 heteroatoms. The fraction of sp³-hybridized carbons (Fsp3) is 0.906. The van der Waals surface area contributed by atoms with Gasteiger partial charge in [0.05, 0.1) is 0 Å². The molecule has 5 rings (SSSR count). The van der Waals surface area contributed by atoms with Gasteiger partial charge in [0, 0.05) is 12.3 Å². The van der Waals surface area contributed by atoms with Gasteiger partial charge in [-0.15, -0.1) is 0 Å². The number of carbonyl (C=O) groups excluding carboxylic acids is 1. The first-order valence-electron chi connectivity index (χ1n) is 14.6. The van der Waals surface area contributed by atoms with Crippen molar-refractivity contribution < 1.29 is 9.53 Å². The number of rotatable bonds is 2. The summed E-state index contributed by atoms with van der Waals surface area (Å²) < 4.78 is 5.91. The molecule has 0 spiro atoms. The van der Waals surface area contributed by atoms with Gasteiger partial charge in [-0.3, -0.25) is 4.79 Å². The molecular weight excluding hydrogens is 416 g/mol. The maximum Gasteiger partial charge on any atom is 0.302 e. The van der Waals surface area contributed by atoms with Gasteiger partial charge in [0.2, 0.25) is 0 Å². The van der Waals surface area contributed by atoms with Gasteiger partial charge in [-0.25, -0.2) is 0 Å². The minimum absolute atomic E-state index is 0.0459. The number of allylic oxidation sites excluding steroid dienone is 2. The van der Waals surface area contributed by atoms with E-state index in [2.05, 4.69) is 61.5 Å². The van der Waals surface area contributed by atoms with Crippen LogP contribution < -0.4 is 0 Å². The quantitative estimate of drug-likeness (QED) is 0.299. The van der Waals surface area contributed by atoms with Gasteiger partial charge in [0.25, 0.3) is 0 Å². The molecule has 2 nitrogen and oxygen atoms in total. The third-order valence-electron chi connectivity index (χ3n) is 13.4. The predicted octanol–water partition coefficient (Wildman–Crippen LogP) is 8.60. The van der Waals surface area contributed by atoms with Crippen molar-refractivity contribution in [2.45, 2.75) is 126 Å². The van der Waals surface area contributed by atoms with Crippen LogP contribution in [0.3, 0.4) is 0 Å². The molecule has 0 aromatic heterocycles. The zero-order valence-electron chi connectivity index (χ0n) is 23.7. The summed E-state index contributed by atoms with van der Waals surface area (Å²) in [5.41, 5.74) is 3.48. The predicted molar refractivity (Wildman–Crippen MR) is 140 cm³/mol. The highest BCUT2D eigenvalue weighted by atomic mass is 16.5. The second kappa shape index (κ2) is 7.61. The molecule has 0 amide bonds. The van der Waals surface area contributed by atoms with E-state index in [-0.39, 0.29) is 17.5 Å². The maximum atomic E-state index is 11.9. The van der Waals surface area contributed by atoms with E-state index in [1.807, 2.05) is 5.57 Å². The maximum absolute atomic E-state index is 11.9. The number of esters is 1. The highest BCUT2D eigenvalue weighted by molar-refractivity contribution is 5.66. The summed E-state index contributed by atoms with van der Waals surface area (Å²) in [7, 11) is 0. The van der Waals surface area contributed by atoms with Gasteiger partial charge in [-0.2, -0.15) is 0 Å². The van der Waals surface area contributed by atoms with E-state index >= 15 is 0 Å². The van der Waals surface area contributed by atoms with E-state index in [0.717, 1.165) is 30.1 Å². The second-order valence-corrected chi connectivity index (χ2v) is 15.3. The van der Waals surface area contributed by atoms with E-state index in [1.165, 1.54) is 51.4 Å². The summed E-state index contributed by atoms with van der Waals surface area (Å²) in [5, 5.41) is 0. The third-order valence-corrected chi connectivity index (χ3v) is 13.4. The molecule has 4 fully saturated rings. The zero-order chi connectivity index (χ0) is 24.9. The van der Waals surface area contributed by atoms with Crippen LogP contribution in [0, 0.1) is 56.7 Å². The van der Waals surface area contributed by atoms with E-state index < -0.39 is 0 Å². The van der Waals surface area contributed by atoms with Gasteiger partial charge in [-0.1, -0.05) is 67.0 Å². The number of hydrogen-bond donors (Lipinski definition) is 0. The molecule has 0 unspecified atom stereocenters. The normalized spacial score (nSPS) is 51.6. The molecule has 192 valence electrons. The van der Waals surface area contributed by atoms with Crippen LogP contribution >= 0.6 is 0 Å².